The zero-order chi connectivity index (χ0) is 18.2. The third-order valence-corrected chi connectivity index (χ3v) is 3.00. The van der Waals surface area contributed by atoms with Crippen molar-refractivity contribution in [3.05, 3.63) is 0 Å². The summed E-state index contributed by atoms with van der Waals surface area (Å²) in [6.45, 7) is 3.54. The minimum atomic E-state index is -1.32. The minimum Gasteiger partial charge on any atom is -0.480 e. The van der Waals surface area contributed by atoms with E-state index in [0.717, 1.165) is 0 Å². The molecule has 7 N–H and O–H groups in total. The van der Waals surface area contributed by atoms with Gasteiger partial charge in [-0.15, -0.1) is 0 Å². The summed E-state index contributed by atoms with van der Waals surface area (Å²) in [6, 6.07) is -3.08. The maximum atomic E-state index is 11.9. The van der Waals surface area contributed by atoms with Gasteiger partial charge in [-0.3, -0.25) is 19.2 Å². The molecule has 0 saturated carbocycles. The second kappa shape index (κ2) is 9.74. The van der Waals surface area contributed by atoms with Gasteiger partial charge in [0.15, 0.2) is 0 Å². The monoisotopic (exact) mass is 332 g/mol. The van der Waals surface area contributed by atoms with Gasteiger partial charge in [0.05, 0.1) is 12.6 Å². The van der Waals surface area contributed by atoms with E-state index in [-0.39, 0.29) is 5.92 Å². The second-order valence-electron chi connectivity index (χ2n) is 5.36. The van der Waals surface area contributed by atoms with E-state index in [1.165, 1.54) is 6.92 Å². The standard InChI is InChI=1S/C13H24N4O6/c1-6(2)10(14)13(23)16-7(3)11(21)17-8(5-18)12(22)15-4-9(19)20/h6-8,10,18H,4-5,14H2,1-3H3,(H,15,22)(H,16,23)(H,17,21)(H,19,20). The van der Waals surface area contributed by atoms with Crippen LogP contribution in [-0.4, -0.2) is 65.2 Å². The van der Waals surface area contributed by atoms with Crippen LogP contribution in [0, 0.1) is 5.92 Å². The molecule has 0 fully saturated rings. The number of hydrogen-bond acceptors (Lipinski definition) is 6. The number of aliphatic hydroxyl groups is 1. The number of nitrogens with one attached hydrogen (secondary N) is 3. The van der Waals surface area contributed by atoms with E-state index < -0.39 is 55.0 Å². The number of hydrogen-bond donors (Lipinski definition) is 6. The van der Waals surface area contributed by atoms with E-state index in [2.05, 4.69) is 10.6 Å². The van der Waals surface area contributed by atoms with Gasteiger partial charge in [-0.2, -0.15) is 0 Å². The SMILES string of the molecule is CC(NC(=O)C(N)C(C)C)C(=O)NC(CO)C(=O)NCC(=O)O. The molecule has 23 heavy (non-hydrogen) atoms. The number of amides is 3. The lowest BCUT2D eigenvalue weighted by atomic mass is 10.0. The normalized spacial score (nSPS) is 14.5. The molecule has 0 rings (SSSR count). The Morgan fingerprint density at radius 1 is 1.00 bits per heavy atom. The summed E-state index contributed by atoms with van der Waals surface area (Å²) in [5.74, 6) is -3.44. The largest absolute Gasteiger partial charge is 0.480 e. The molecule has 0 aromatic heterocycles. The Bertz CT molecular complexity index is 454. The zero-order valence-electron chi connectivity index (χ0n) is 13.3. The van der Waals surface area contributed by atoms with Gasteiger partial charge in [0.2, 0.25) is 17.7 Å². The number of carbonyl (C=O) groups excluding carboxylic acids is 3. The Morgan fingerprint density at radius 2 is 1.57 bits per heavy atom. The Balaban J connectivity index is 4.55. The van der Waals surface area contributed by atoms with E-state index in [4.69, 9.17) is 15.9 Å². The van der Waals surface area contributed by atoms with Crippen LogP contribution in [0.5, 0.6) is 0 Å². The van der Waals surface area contributed by atoms with Crippen LogP contribution in [-0.2, 0) is 19.2 Å². The highest BCUT2D eigenvalue weighted by molar-refractivity contribution is 5.93. The van der Waals surface area contributed by atoms with Crippen LogP contribution in [0.15, 0.2) is 0 Å². The lowest BCUT2D eigenvalue weighted by Crippen LogP contribution is -2.56. The first-order chi connectivity index (χ1) is 10.6. The summed E-state index contributed by atoms with van der Waals surface area (Å²) in [5.41, 5.74) is 5.65. The molecule has 0 heterocycles. The predicted octanol–water partition coefficient (Wildman–Crippen LogP) is -2.85. The van der Waals surface area contributed by atoms with Crippen molar-refractivity contribution in [3.63, 3.8) is 0 Å². The minimum absolute atomic E-state index is 0.114. The molecule has 0 aliphatic heterocycles. The maximum absolute atomic E-state index is 11.9. The van der Waals surface area contributed by atoms with E-state index in [1.54, 1.807) is 13.8 Å². The summed E-state index contributed by atoms with van der Waals surface area (Å²) < 4.78 is 0. The summed E-state index contributed by atoms with van der Waals surface area (Å²) in [6.07, 6.45) is 0. The molecule has 3 atom stereocenters. The van der Waals surface area contributed by atoms with Crippen molar-refractivity contribution in [2.24, 2.45) is 11.7 Å². The summed E-state index contributed by atoms with van der Waals surface area (Å²) >= 11 is 0. The number of carboxylic acids is 1. The molecule has 0 bridgehead atoms. The lowest BCUT2D eigenvalue weighted by Gasteiger charge is -2.21. The molecule has 0 aromatic carbocycles. The molecule has 10 heteroatoms. The van der Waals surface area contributed by atoms with Crippen LogP contribution in [0.25, 0.3) is 0 Å². The highest BCUT2D eigenvalue weighted by Crippen LogP contribution is 1.99. The molecule has 10 nitrogen and oxygen atoms in total. The van der Waals surface area contributed by atoms with Crippen molar-refractivity contribution in [2.45, 2.75) is 38.9 Å². The van der Waals surface area contributed by atoms with Crippen LogP contribution < -0.4 is 21.7 Å². The fourth-order valence-electron chi connectivity index (χ4n) is 1.45. The molecule has 0 saturated heterocycles. The number of carboxylic acid groups (broad SMARTS) is 1. The third-order valence-electron chi connectivity index (χ3n) is 3.00. The van der Waals surface area contributed by atoms with Gasteiger partial charge in [-0.1, -0.05) is 13.8 Å². The van der Waals surface area contributed by atoms with Crippen molar-refractivity contribution in [2.75, 3.05) is 13.2 Å². The molecule has 132 valence electrons. The Hall–Kier alpha value is -2.20. The van der Waals surface area contributed by atoms with Crippen LogP contribution in [0.1, 0.15) is 20.8 Å². The molecular formula is C13H24N4O6. The number of rotatable bonds is 9. The van der Waals surface area contributed by atoms with Crippen molar-refractivity contribution in [3.8, 4) is 0 Å². The maximum Gasteiger partial charge on any atom is 0.322 e. The molecule has 0 aromatic rings. The van der Waals surface area contributed by atoms with Crippen molar-refractivity contribution in [1.29, 1.82) is 0 Å². The fraction of sp³-hybridized carbons (Fsp3) is 0.692. The first-order valence-electron chi connectivity index (χ1n) is 7.06. The molecule has 0 spiro atoms. The van der Waals surface area contributed by atoms with Gasteiger partial charge in [0, 0.05) is 0 Å². The summed E-state index contributed by atoms with van der Waals surface area (Å²) in [7, 11) is 0. The summed E-state index contributed by atoms with van der Waals surface area (Å²) in [5, 5.41) is 24.2. The highest BCUT2D eigenvalue weighted by atomic mass is 16.4. The van der Waals surface area contributed by atoms with Gasteiger partial charge < -0.3 is 31.9 Å². The number of aliphatic carboxylic acids is 1. The average Bonchev–Trinajstić information content (AvgIpc) is 2.48. The lowest BCUT2D eigenvalue weighted by molar-refractivity contribution is -0.138. The number of aliphatic hydroxyl groups excluding tert-OH is 1. The summed E-state index contributed by atoms with van der Waals surface area (Å²) in [4.78, 5) is 45.6. The fourth-order valence-corrected chi connectivity index (χ4v) is 1.45. The molecule has 0 aliphatic rings. The van der Waals surface area contributed by atoms with E-state index in [9.17, 15) is 19.2 Å². The molecule has 3 unspecified atom stereocenters. The highest BCUT2D eigenvalue weighted by Gasteiger charge is 2.26. The average molecular weight is 332 g/mol. The molecule has 0 radical (unpaired) electrons. The quantitative estimate of drug-likeness (QED) is 0.264. The van der Waals surface area contributed by atoms with E-state index >= 15 is 0 Å². The van der Waals surface area contributed by atoms with Gasteiger partial charge in [-0.05, 0) is 12.8 Å². The van der Waals surface area contributed by atoms with Gasteiger partial charge in [0.25, 0.3) is 0 Å². The number of nitrogens with two attached hydrogens (primary N) is 1. The molecule has 3 amide bonds. The van der Waals surface area contributed by atoms with Gasteiger partial charge in [-0.25, -0.2) is 0 Å². The topological polar surface area (TPSA) is 171 Å². The van der Waals surface area contributed by atoms with Crippen molar-refractivity contribution < 1.29 is 29.4 Å². The molecule has 0 aliphatic carbocycles. The van der Waals surface area contributed by atoms with Crippen molar-refractivity contribution >= 4 is 23.7 Å². The first kappa shape index (κ1) is 20.8. The Morgan fingerprint density at radius 3 is 2.00 bits per heavy atom. The number of carbonyl (C=O) groups is 4. The smallest absolute Gasteiger partial charge is 0.322 e. The Labute approximate surface area is 133 Å². The third kappa shape index (κ3) is 7.56. The first-order valence-corrected chi connectivity index (χ1v) is 7.06. The zero-order valence-corrected chi connectivity index (χ0v) is 13.3. The predicted molar refractivity (Wildman–Crippen MR) is 80.1 cm³/mol. The van der Waals surface area contributed by atoms with Crippen LogP contribution >= 0.6 is 0 Å². The second-order valence-corrected chi connectivity index (χ2v) is 5.36. The van der Waals surface area contributed by atoms with E-state index in [1.807, 2.05) is 5.32 Å². The van der Waals surface area contributed by atoms with Gasteiger partial charge >= 0.3 is 5.97 Å². The van der Waals surface area contributed by atoms with Crippen LogP contribution in [0.2, 0.25) is 0 Å². The Kier molecular flexibility index (Phi) is 8.81. The van der Waals surface area contributed by atoms with Crippen LogP contribution in [0.3, 0.4) is 0 Å². The van der Waals surface area contributed by atoms with Gasteiger partial charge in [0.1, 0.15) is 18.6 Å². The van der Waals surface area contributed by atoms with Crippen LogP contribution in [0.4, 0.5) is 0 Å². The van der Waals surface area contributed by atoms with Crippen molar-refractivity contribution in [1.82, 2.24) is 16.0 Å². The van der Waals surface area contributed by atoms with E-state index in [0.29, 0.717) is 0 Å². The molecular weight excluding hydrogens is 308 g/mol.